The summed E-state index contributed by atoms with van der Waals surface area (Å²) in [6.07, 6.45) is 4.58. The average molecular weight is 459 g/mol. The number of benzene rings is 1. The van der Waals surface area contributed by atoms with Gasteiger partial charge in [0.25, 0.3) is 5.91 Å². The molecule has 2 fully saturated rings. The average Bonchev–Trinajstić information content (AvgIpc) is 2.83. The Bertz CT molecular complexity index is 1020. The zero-order chi connectivity index (χ0) is 22.6. The van der Waals surface area contributed by atoms with Crippen molar-refractivity contribution in [3.05, 3.63) is 53.7 Å². The standard InChI is InChI=1S/C23H30N4O4S/c1-18-4-2-3-11-27(18)32(29,30)21-8-6-20(7-9-21)23(28)25-17-19-5-10-22(24-16-19)26-12-14-31-15-13-26/h5-10,16,18H,2-4,11-15,17H2,1H3,(H,25,28)/t18-/m0/s1. The van der Waals surface area contributed by atoms with Gasteiger partial charge in [0.05, 0.1) is 18.1 Å². The fourth-order valence-electron chi connectivity index (χ4n) is 4.13. The van der Waals surface area contributed by atoms with E-state index in [1.165, 1.54) is 12.1 Å². The molecule has 1 amide bonds. The number of rotatable bonds is 6. The summed E-state index contributed by atoms with van der Waals surface area (Å²) < 4.78 is 32.8. The Morgan fingerprint density at radius 1 is 1.09 bits per heavy atom. The highest BCUT2D eigenvalue weighted by atomic mass is 32.2. The van der Waals surface area contributed by atoms with Crippen LogP contribution < -0.4 is 10.2 Å². The molecule has 0 spiro atoms. The fourth-order valence-corrected chi connectivity index (χ4v) is 5.83. The molecule has 1 N–H and O–H groups in total. The zero-order valence-electron chi connectivity index (χ0n) is 18.4. The number of hydrogen-bond acceptors (Lipinski definition) is 6. The molecule has 0 saturated carbocycles. The number of anilines is 1. The van der Waals surface area contributed by atoms with Crippen LogP contribution in [0.5, 0.6) is 0 Å². The van der Waals surface area contributed by atoms with Gasteiger partial charge in [0.1, 0.15) is 5.82 Å². The highest BCUT2D eigenvalue weighted by Gasteiger charge is 2.30. The number of nitrogens with one attached hydrogen (secondary N) is 1. The Morgan fingerprint density at radius 2 is 1.84 bits per heavy atom. The molecular formula is C23H30N4O4S. The molecule has 2 aliphatic heterocycles. The number of ether oxygens (including phenoxy) is 1. The van der Waals surface area contributed by atoms with Crippen LogP contribution in [0.1, 0.15) is 42.1 Å². The predicted octanol–water partition coefficient (Wildman–Crippen LogP) is 2.41. The van der Waals surface area contributed by atoms with Gasteiger partial charge in [-0.15, -0.1) is 0 Å². The predicted molar refractivity (Wildman–Crippen MR) is 122 cm³/mol. The molecule has 8 nitrogen and oxygen atoms in total. The van der Waals surface area contributed by atoms with E-state index in [1.54, 1.807) is 22.6 Å². The minimum absolute atomic E-state index is 0.0000281. The third-order valence-corrected chi connectivity index (χ3v) is 8.09. The third-order valence-electron chi connectivity index (χ3n) is 6.06. The van der Waals surface area contributed by atoms with Crippen molar-refractivity contribution < 1.29 is 17.9 Å². The number of amides is 1. The van der Waals surface area contributed by atoms with Gasteiger partial charge in [0.2, 0.25) is 10.0 Å². The van der Waals surface area contributed by atoms with E-state index in [9.17, 15) is 13.2 Å². The molecule has 1 atom stereocenters. The zero-order valence-corrected chi connectivity index (χ0v) is 19.2. The van der Waals surface area contributed by atoms with Crippen LogP contribution in [0.3, 0.4) is 0 Å². The normalized spacial score (nSPS) is 20.2. The summed E-state index contributed by atoms with van der Waals surface area (Å²) in [5.74, 6) is 0.653. The van der Waals surface area contributed by atoms with Crippen LogP contribution in [0.25, 0.3) is 0 Å². The van der Waals surface area contributed by atoms with Gasteiger partial charge in [-0.25, -0.2) is 13.4 Å². The maximum absolute atomic E-state index is 12.9. The first-order chi connectivity index (χ1) is 15.4. The molecule has 2 saturated heterocycles. The van der Waals surface area contributed by atoms with Crippen molar-refractivity contribution in [2.75, 3.05) is 37.7 Å². The lowest BCUT2D eigenvalue weighted by Gasteiger charge is -2.32. The molecule has 0 radical (unpaired) electrons. The molecule has 1 aromatic carbocycles. The first kappa shape index (κ1) is 22.7. The third kappa shape index (κ3) is 5.11. The van der Waals surface area contributed by atoms with Crippen LogP contribution in [0.2, 0.25) is 0 Å². The molecule has 2 aliphatic rings. The molecule has 0 aliphatic carbocycles. The lowest BCUT2D eigenvalue weighted by atomic mass is 10.1. The summed E-state index contributed by atoms with van der Waals surface area (Å²) in [5, 5.41) is 2.87. The van der Waals surface area contributed by atoms with Crippen LogP contribution in [0.4, 0.5) is 5.82 Å². The van der Waals surface area contributed by atoms with Crippen molar-refractivity contribution in [1.29, 1.82) is 0 Å². The summed E-state index contributed by atoms with van der Waals surface area (Å²) in [4.78, 5) is 19.4. The SMILES string of the molecule is C[C@H]1CCCCN1S(=O)(=O)c1ccc(C(=O)NCc2ccc(N3CCOCC3)nc2)cc1. The van der Waals surface area contributed by atoms with Gasteiger partial charge in [-0.2, -0.15) is 4.31 Å². The van der Waals surface area contributed by atoms with Gasteiger partial charge in [-0.05, 0) is 55.7 Å². The second kappa shape index (κ2) is 9.97. The Labute approximate surface area is 189 Å². The van der Waals surface area contributed by atoms with Crippen LogP contribution in [-0.2, 0) is 21.3 Å². The topological polar surface area (TPSA) is 91.8 Å². The highest BCUT2D eigenvalue weighted by molar-refractivity contribution is 7.89. The van der Waals surface area contributed by atoms with Crippen molar-refractivity contribution in [1.82, 2.24) is 14.6 Å². The second-order valence-corrected chi connectivity index (χ2v) is 10.2. The van der Waals surface area contributed by atoms with E-state index >= 15 is 0 Å². The Balaban J connectivity index is 1.35. The van der Waals surface area contributed by atoms with Crippen molar-refractivity contribution in [3.63, 3.8) is 0 Å². The number of carbonyl (C=O) groups is 1. The molecule has 9 heteroatoms. The van der Waals surface area contributed by atoms with E-state index in [1.807, 2.05) is 19.1 Å². The number of carbonyl (C=O) groups excluding carboxylic acids is 1. The lowest BCUT2D eigenvalue weighted by molar-refractivity contribution is 0.0950. The van der Waals surface area contributed by atoms with Crippen molar-refractivity contribution in [2.45, 2.75) is 43.7 Å². The molecule has 0 bridgehead atoms. The van der Waals surface area contributed by atoms with Crippen molar-refractivity contribution in [3.8, 4) is 0 Å². The van der Waals surface area contributed by atoms with Gasteiger partial charge in [-0.1, -0.05) is 12.5 Å². The number of hydrogen-bond donors (Lipinski definition) is 1. The quantitative estimate of drug-likeness (QED) is 0.715. The van der Waals surface area contributed by atoms with E-state index in [-0.39, 0.29) is 16.8 Å². The monoisotopic (exact) mass is 458 g/mol. The first-order valence-electron chi connectivity index (χ1n) is 11.1. The molecule has 32 heavy (non-hydrogen) atoms. The van der Waals surface area contributed by atoms with E-state index < -0.39 is 10.0 Å². The number of piperidine rings is 1. The summed E-state index contributed by atoms with van der Waals surface area (Å²) >= 11 is 0. The molecule has 3 heterocycles. The van der Waals surface area contributed by atoms with Crippen LogP contribution in [-0.4, -0.2) is 62.5 Å². The van der Waals surface area contributed by atoms with Crippen LogP contribution in [0, 0.1) is 0 Å². The van der Waals surface area contributed by atoms with Gasteiger partial charge in [0, 0.05) is 44.0 Å². The minimum atomic E-state index is -3.54. The van der Waals surface area contributed by atoms with Gasteiger partial charge in [0.15, 0.2) is 0 Å². The Hall–Kier alpha value is -2.49. The minimum Gasteiger partial charge on any atom is -0.378 e. The number of morpholine rings is 1. The van der Waals surface area contributed by atoms with E-state index in [2.05, 4.69) is 15.2 Å². The smallest absolute Gasteiger partial charge is 0.251 e. The maximum atomic E-state index is 12.9. The maximum Gasteiger partial charge on any atom is 0.251 e. The van der Waals surface area contributed by atoms with Crippen LogP contribution in [0.15, 0.2) is 47.5 Å². The first-order valence-corrected chi connectivity index (χ1v) is 12.6. The molecule has 172 valence electrons. The molecule has 4 rings (SSSR count). The second-order valence-electron chi connectivity index (χ2n) is 8.29. The van der Waals surface area contributed by atoms with Gasteiger partial charge >= 0.3 is 0 Å². The van der Waals surface area contributed by atoms with E-state index in [0.717, 1.165) is 43.7 Å². The van der Waals surface area contributed by atoms with Crippen molar-refractivity contribution in [2.24, 2.45) is 0 Å². The molecule has 0 unspecified atom stereocenters. The lowest BCUT2D eigenvalue weighted by Crippen LogP contribution is -2.41. The van der Waals surface area contributed by atoms with E-state index in [0.29, 0.717) is 31.9 Å². The summed E-state index contributed by atoms with van der Waals surface area (Å²) in [5.41, 5.74) is 1.32. The molecule has 2 aromatic rings. The number of aromatic nitrogens is 1. The molecular weight excluding hydrogens is 428 g/mol. The summed E-state index contributed by atoms with van der Waals surface area (Å²) in [6.45, 7) is 5.90. The number of pyridine rings is 1. The summed E-state index contributed by atoms with van der Waals surface area (Å²) in [6, 6.07) is 10.1. The van der Waals surface area contributed by atoms with Crippen LogP contribution >= 0.6 is 0 Å². The Morgan fingerprint density at radius 3 is 2.50 bits per heavy atom. The Kier molecular flexibility index (Phi) is 7.07. The molecule has 1 aromatic heterocycles. The largest absolute Gasteiger partial charge is 0.378 e. The van der Waals surface area contributed by atoms with Crippen molar-refractivity contribution >= 4 is 21.7 Å². The van der Waals surface area contributed by atoms with Gasteiger partial charge < -0.3 is 15.0 Å². The highest BCUT2D eigenvalue weighted by Crippen LogP contribution is 2.25. The van der Waals surface area contributed by atoms with E-state index in [4.69, 9.17) is 4.74 Å². The number of sulfonamides is 1. The fraction of sp³-hybridized carbons (Fsp3) is 0.478. The van der Waals surface area contributed by atoms with Gasteiger partial charge in [-0.3, -0.25) is 4.79 Å². The number of nitrogens with zero attached hydrogens (tertiary/aromatic N) is 3. The summed E-state index contributed by atoms with van der Waals surface area (Å²) in [7, 11) is -3.54.